The van der Waals surface area contributed by atoms with Crippen LogP contribution in [0.25, 0.3) is 0 Å². The number of carboxylic acid groups (broad SMARTS) is 1. The van der Waals surface area contributed by atoms with Crippen LogP contribution in [0.1, 0.15) is 28.6 Å². The number of carboxylic acids is 1. The van der Waals surface area contributed by atoms with Gasteiger partial charge < -0.3 is 5.11 Å². The van der Waals surface area contributed by atoms with Gasteiger partial charge in [0.15, 0.2) is 0 Å². The van der Waals surface area contributed by atoms with E-state index in [0.717, 1.165) is 11.3 Å². The van der Waals surface area contributed by atoms with Gasteiger partial charge in [0.25, 0.3) is 0 Å². The fraction of sp³-hybridized carbons (Fsp3) is 0.545. The predicted molar refractivity (Wildman–Crippen MR) is 78.8 cm³/mol. The summed E-state index contributed by atoms with van der Waals surface area (Å²) < 4.78 is 26.7. The number of hydrogen-bond donors (Lipinski definition) is 2. The van der Waals surface area contributed by atoms with Gasteiger partial charge in [-0.2, -0.15) is 11.8 Å². The van der Waals surface area contributed by atoms with Crippen LogP contribution < -0.4 is 4.72 Å². The normalized spacial score (nSPS) is 13.4. The van der Waals surface area contributed by atoms with Crippen molar-refractivity contribution in [2.75, 3.05) is 12.8 Å². The van der Waals surface area contributed by atoms with Crippen molar-refractivity contribution < 1.29 is 18.3 Å². The molecule has 1 aromatic heterocycles. The molecular weight excluding hydrogens is 306 g/mol. The molecule has 1 aromatic rings. The van der Waals surface area contributed by atoms with Gasteiger partial charge in [-0.1, -0.05) is 6.92 Å². The monoisotopic (exact) mass is 323 g/mol. The molecule has 0 aromatic carbocycles. The van der Waals surface area contributed by atoms with Crippen molar-refractivity contribution in [2.45, 2.75) is 30.4 Å². The van der Waals surface area contributed by atoms with Crippen molar-refractivity contribution in [1.29, 1.82) is 0 Å². The average Bonchev–Trinajstić information content (AvgIpc) is 2.71. The van der Waals surface area contributed by atoms with Gasteiger partial charge in [-0.05, 0) is 30.5 Å². The van der Waals surface area contributed by atoms with E-state index in [2.05, 4.69) is 4.72 Å². The first-order valence-corrected chi connectivity index (χ1v) is 9.28. The van der Waals surface area contributed by atoms with Gasteiger partial charge in [0.05, 0.1) is 0 Å². The third-order valence-electron chi connectivity index (χ3n) is 2.63. The molecule has 1 unspecified atom stereocenters. The molecule has 0 aliphatic heterocycles. The summed E-state index contributed by atoms with van der Waals surface area (Å²) in [6.45, 7) is 3.91. The summed E-state index contributed by atoms with van der Waals surface area (Å²) in [5, 5.41) is 10.9. The Morgan fingerprint density at radius 1 is 1.58 bits per heavy atom. The molecule has 1 rings (SSSR count). The van der Waals surface area contributed by atoms with Crippen molar-refractivity contribution >= 4 is 39.1 Å². The molecule has 0 spiro atoms. The van der Waals surface area contributed by atoms with Gasteiger partial charge in [-0.3, -0.25) is 0 Å². The highest BCUT2D eigenvalue weighted by Gasteiger charge is 2.26. The van der Waals surface area contributed by atoms with E-state index in [9.17, 15) is 13.2 Å². The third kappa shape index (κ3) is 4.20. The molecule has 2 N–H and O–H groups in total. The molecule has 8 heteroatoms. The second-order valence-electron chi connectivity index (χ2n) is 4.11. The molecular formula is C11H17NO4S3. The quantitative estimate of drug-likeness (QED) is 0.803. The van der Waals surface area contributed by atoms with Crippen LogP contribution in [-0.2, 0) is 10.0 Å². The molecule has 108 valence electrons. The first-order valence-electron chi connectivity index (χ1n) is 5.63. The first-order chi connectivity index (χ1) is 8.79. The summed E-state index contributed by atoms with van der Waals surface area (Å²) in [5.74, 6) is -1.21. The number of sulfonamides is 1. The van der Waals surface area contributed by atoms with Crippen molar-refractivity contribution in [2.24, 2.45) is 0 Å². The van der Waals surface area contributed by atoms with Crippen LogP contribution in [0.4, 0.5) is 0 Å². The van der Waals surface area contributed by atoms with Gasteiger partial charge in [-0.25, -0.2) is 17.9 Å². The molecule has 0 fully saturated rings. The SMILES string of the molecule is CSC(C)CCNS(=O)(=O)c1c(C)csc1C(=O)O. The van der Waals surface area contributed by atoms with Crippen LogP contribution in [0.2, 0.25) is 0 Å². The number of aromatic carboxylic acids is 1. The fourth-order valence-electron chi connectivity index (χ4n) is 1.50. The lowest BCUT2D eigenvalue weighted by Gasteiger charge is -2.10. The number of rotatable bonds is 7. The standard InChI is InChI=1S/C11H17NO4S3/c1-7-6-18-9(11(13)14)10(7)19(15,16)12-5-4-8(2)17-3/h6,8,12H,4-5H2,1-3H3,(H,13,14). The lowest BCUT2D eigenvalue weighted by molar-refractivity contribution is 0.0698. The minimum Gasteiger partial charge on any atom is -0.477 e. The smallest absolute Gasteiger partial charge is 0.347 e. The topological polar surface area (TPSA) is 83.5 Å². The zero-order chi connectivity index (χ0) is 14.6. The summed E-state index contributed by atoms with van der Waals surface area (Å²) >= 11 is 2.59. The minimum absolute atomic E-state index is 0.109. The number of thioether (sulfide) groups is 1. The lowest BCUT2D eigenvalue weighted by atomic mass is 10.3. The average molecular weight is 323 g/mol. The molecule has 19 heavy (non-hydrogen) atoms. The second kappa shape index (κ2) is 6.74. The Hall–Kier alpha value is -0.570. The summed E-state index contributed by atoms with van der Waals surface area (Å²) in [5.41, 5.74) is 0.466. The summed E-state index contributed by atoms with van der Waals surface area (Å²) in [7, 11) is -3.76. The Morgan fingerprint density at radius 3 is 2.74 bits per heavy atom. The predicted octanol–water partition coefficient (Wildman–Crippen LogP) is 2.17. The molecule has 1 heterocycles. The van der Waals surface area contributed by atoms with E-state index in [1.807, 2.05) is 13.2 Å². The number of nitrogens with one attached hydrogen (secondary N) is 1. The van der Waals surface area contributed by atoms with Crippen LogP contribution in [0.15, 0.2) is 10.3 Å². The fourth-order valence-corrected chi connectivity index (χ4v) is 4.53. The molecule has 0 saturated heterocycles. The van der Waals surface area contributed by atoms with Crippen LogP contribution in [0, 0.1) is 6.92 Å². The zero-order valence-electron chi connectivity index (χ0n) is 11.0. The van der Waals surface area contributed by atoms with E-state index in [4.69, 9.17) is 5.11 Å². The first kappa shape index (κ1) is 16.5. The Balaban J connectivity index is 2.89. The Bertz CT molecular complexity index is 550. The summed E-state index contributed by atoms with van der Waals surface area (Å²) in [4.78, 5) is 10.8. The molecule has 1 atom stereocenters. The van der Waals surface area contributed by atoms with Gasteiger partial charge in [-0.15, -0.1) is 11.3 Å². The Kier molecular flexibility index (Phi) is 5.84. The maximum absolute atomic E-state index is 12.1. The summed E-state index contributed by atoms with van der Waals surface area (Å²) in [6, 6.07) is 0. The zero-order valence-corrected chi connectivity index (χ0v) is 13.4. The molecule has 0 aliphatic carbocycles. The van der Waals surface area contributed by atoms with Crippen molar-refractivity contribution in [1.82, 2.24) is 4.72 Å². The summed E-state index contributed by atoms with van der Waals surface area (Å²) in [6.07, 6.45) is 2.66. The van der Waals surface area contributed by atoms with Gasteiger partial charge >= 0.3 is 5.97 Å². The minimum atomic E-state index is -3.76. The van der Waals surface area contributed by atoms with Crippen LogP contribution >= 0.6 is 23.1 Å². The van der Waals surface area contributed by atoms with E-state index in [1.54, 1.807) is 24.1 Å². The number of hydrogen-bond acceptors (Lipinski definition) is 5. The van der Waals surface area contributed by atoms with Crippen LogP contribution in [0.5, 0.6) is 0 Å². The van der Waals surface area contributed by atoms with Crippen molar-refractivity contribution in [3.05, 3.63) is 15.8 Å². The Morgan fingerprint density at radius 2 is 2.21 bits per heavy atom. The number of aryl methyl sites for hydroxylation is 1. The van der Waals surface area contributed by atoms with E-state index in [-0.39, 0.29) is 9.77 Å². The highest BCUT2D eigenvalue weighted by molar-refractivity contribution is 7.99. The largest absolute Gasteiger partial charge is 0.477 e. The number of thiophene rings is 1. The lowest BCUT2D eigenvalue weighted by Crippen LogP contribution is -2.27. The van der Waals surface area contributed by atoms with Gasteiger partial charge in [0, 0.05) is 11.8 Å². The van der Waals surface area contributed by atoms with Crippen LogP contribution in [0.3, 0.4) is 0 Å². The van der Waals surface area contributed by atoms with Crippen molar-refractivity contribution in [3.8, 4) is 0 Å². The van der Waals surface area contributed by atoms with E-state index in [1.165, 1.54) is 0 Å². The van der Waals surface area contributed by atoms with Gasteiger partial charge in [0.2, 0.25) is 10.0 Å². The van der Waals surface area contributed by atoms with E-state index < -0.39 is 16.0 Å². The van der Waals surface area contributed by atoms with Crippen LogP contribution in [-0.4, -0.2) is 37.5 Å². The Labute approximate surface area is 121 Å². The number of carbonyl (C=O) groups is 1. The maximum atomic E-state index is 12.1. The highest BCUT2D eigenvalue weighted by Crippen LogP contribution is 2.26. The second-order valence-corrected chi connectivity index (χ2v) is 7.97. The molecule has 0 amide bonds. The molecule has 0 bridgehead atoms. The molecule has 5 nitrogen and oxygen atoms in total. The van der Waals surface area contributed by atoms with Crippen molar-refractivity contribution in [3.63, 3.8) is 0 Å². The maximum Gasteiger partial charge on any atom is 0.347 e. The molecule has 0 aliphatic rings. The third-order valence-corrected chi connectivity index (χ3v) is 6.53. The van der Waals surface area contributed by atoms with Gasteiger partial charge in [0.1, 0.15) is 9.77 Å². The van der Waals surface area contributed by atoms with E-state index in [0.29, 0.717) is 23.8 Å². The van der Waals surface area contributed by atoms with E-state index >= 15 is 0 Å². The molecule has 0 saturated carbocycles. The molecule has 0 radical (unpaired) electrons. The highest BCUT2D eigenvalue weighted by atomic mass is 32.2.